The molecule has 2 heterocycles. The van der Waals surface area contributed by atoms with Crippen LogP contribution in [0.15, 0.2) is 0 Å². The van der Waals surface area contributed by atoms with E-state index in [0.29, 0.717) is 12.0 Å². The smallest absolute Gasteiger partial charge is 0.226 e. The third-order valence-electron chi connectivity index (χ3n) is 5.38. The number of hydrogen-bond donors (Lipinski definition) is 2. The highest BCUT2D eigenvalue weighted by molar-refractivity contribution is 5.82. The van der Waals surface area contributed by atoms with E-state index in [-0.39, 0.29) is 11.3 Å². The van der Waals surface area contributed by atoms with Gasteiger partial charge in [-0.15, -0.1) is 0 Å². The zero-order valence-corrected chi connectivity index (χ0v) is 14.1. The molecule has 0 radical (unpaired) electrons. The fourth-order valence-corrected chi connectivity index (χ4v) is 3.41. The van der Waals surface area contributed by atoms with Crippen LogP contribution in [0.2, 0.25) is 0 Å². The second-order valence-electron chi connectivity index (χ2n) is 7.37. The van der Waals surface area contributed by atoms with E-state index < -0.39 is 0 Å². The second-order valence-corrected chi connectivity index (χ2v) is 7.37. The van der Waals surface area contributed by atoms with Crippen LogP contribution in [0.3, 0.4) is 0 Å². The fourth-order valence-electron chi connectivity index (χ4n) is 3.41. The molecule has 2 saturated heterocycles. The lowest BCUT2D eigenvalue weighted by Gasteiger charge is -2.39. The van der Waals surface area contributed by atoms with E-state index in [9.17, 15) is 4.79 Å². The van der Waals surface area contributed by atoms with Gasteiger partial charge in [0.25, 0.3) is 0 Å². The van der Waals surface area contributed by atoms with Crippen LogP contribution in [-0.4, -0.2) is 75.1 Å². The van der Waals surface area contributed by atoms with Crippen molar-refractivity contribution in [1.29, 1.82) is 0 Å². The molecule has 0 aromatic carbocycles. The maximum absolute atomic E-state index is 12.6. The van der Waals surface area contributed by atoms with Crippen molar-refractivity contribution in [2.45, 2.75) is 32.7 Å². The van der Waals surface area contributed by atoms with Crippen molar-refractivity contribution in [3.05, 3.63) is 0 Å². The van der Waals surface area contributed by atoms with Crippen LogP contribution >= 0.6 is 0 Å². The number of likely N-dealkylation sites (N-methyl/N-ethyl adjacent to an activating group) is 2. The van der Waals surface area contributed by atoms with Gasteiger partial charge in [-0.1, -0.05) is 13.8 Å². The number of nitrogens with zero attached hydrogens (tertiary/aromatic N) is 2. The van der Waals surface area contributed by atoms with Gasteiger partial charge in [0.2, 0.25) is 5.91 Å². The van der Waals surface area contributed by atoms with Crippen LogP contribution in [-0.2, 0) is 4.79 Å². The third kappa shape index (κ3) is 4.18. The normalized spacial score (nSPS) is 29.3. The maximum atomic E-state index is 12.6. The van der Waals surface area contributed by atoms with E-state index in [4.69, 9.17) is 0 Å². The van der Waals surface area contributed by atoms with Crippen molar-refractivity contribution in [3.63, 3.8) is 0 Å². The number of rotatable bonds is 4. The van der Waals surface area contributed by atoms with Crippen LogP contribution in [0.25, 0.3) is 0 Å². The summed E-state index contributed by atoms with van der Waals surface area (Å²) in [5.74, 6) is 0.649. The Morgan fingerprint density at radius 2 is 2.10 bits per heavy atom. The van der Waals surface area contributed by atoms with E-state index in [2.05, 4.69) is 48.4 Å². The lowest BCUT2D eigenvalue weighted by atomic mass is 9.74. The molecule has 2 fully saturated rings. The number of carbonyl (C=O) groups excluding carboxylic acids is 1. The van der Waals surface area contributed by atoms with Gasteiger partial charge in [-0.3, -0.25) is 9.69 Å². The third-order valence-corrected chi connectivity index (χ3v) is 5.38. The predicted octanol–water partition coefficient (Wildman–Crippen LogP) is 0.374. The van der Waals surface area contributed by atoms with Crippen molar-refractivity contribution >= 4 is 5.91 Å². The second kappa shape index (κ2) is 7.07. The Morgan fingerprint density at radius 3 is 2.76 bits per heavy atom. The molecule has 0 aromatic rings. The Morgan fingerprint density at radius 1 is 1.33 bits per heavy atom. The minimum absolute atomic E-state index is 0.206. The molecule has 2 N–H and O–H groups in total. The summed E-state index contributed by atoms with van der Waals surface area (Å²) < 4.78 is 0. The molecule has 0 bridgehead atoms. The summed E-state index contributed by atoms with van der Waals surface area (Å²) >= 11 is 0. The molecule has 122 valence electrons. The highest BCUT2D eigenvalue weighted by Gasteiger charge is 2.37. The van der Waals surface area contributed by atoms with Crippen LogP contribution in [0, 0.1) is 11.3 Å². The molecule has 2 aliphatic rings. The van der Waals surface area contributed by atoms with Crippen molar-refractivity contribution in [3.8, 4) is 0 Å². The van der Waals surface area contributed by atoms with E-state index >= 15 is 0 Å². The predicted molar refractivity (Wildman–Crippen MR) is 86.3 cm³/mol. The summed E-state index contributed by atoms with van der Waals surface area (Å²) in [6.45, 7) is 10.2. The largest absolute Gasteiger partial charge is 0.354 e. The van der Waals surface area contributed by atoms with E-state index in [1.165, 1.54) is 6.42 Å². The highest BCUT2D eigenvalue weighted by atomic mass is 16.2. The molecule has 5 nitrogen and oxygen atoms in total. The molecule has 2 rings (SSSR count). The number of piperidine rings is 1. The SMILES string of the molecule is CN1CCN(C)C(CNC(=O)C(C)(C)C2CCCNC2)C1. The average molecular weight is 296 g/mol. The Labute approximate surface area is 129 Å². The Balaban J connectivity index is 1.85. The number of carbonyl (C=O) groups is 1. The van der Waals surface area contributed by atoms with Gasteiger partial charge >= 0.3 is 0 Å². The van der Waals surface area contributed by atoms with Crippen LogP contribution in [0.4, 0.5) is 0 Å². The number of nitrogens with one attached hydrogen (secondary N) is 2. The molecule has 0 aromatic heterocycles. The fraction of sp³-hybridized carbons (Fsp3) is 0.938. The molecule has 0 aliphatic carbocycles. The first-order valence-electron chi connectivity index (χ1n) is 8.29. The minimum Gasteiger partial charge on any atom is -0.354 e. The van der Waals surface area contributed by atoms with Crippen LogP contribution in [0.5, 0.6) is 0 Å². The quantitative estimate of drug-likeness (QED) is 0.787. The van der Waals surface area contributed by atoms with Gasteiger partial charge in [0, 0.05) is 37.6 Å². The summed E-state index contributed by atoms with van der Waals surface area (Å²) in [5, 5.41) is 6.63. The lowest BCUT2D eigenvalue weighted by molar-refractivity contribution is -0.132. The first kappa shape index (κ1) is 16.7. The van der Waals surface area contributed by atoms with Gasteiger partial charge in [0.05, 0.1) is 0 Å². The van der Waals surface area contributed by atoms with Gasteiger partial charge in [0.15, 0.2) is 0 Å². The first-order valence-corrected chi connectivity index (χ1v) is 8.29. The van der Waals surface area contributed by atoms with Crippen molar-refractivity contribution in [2.75, 3.05) is 53.4 Å². The number of piperazine rings is 1. The average Bonchev–Trinajstić information content (AvgIpc) is 2.48. The van der Waals surface area contributed by atoms with E-state index in [1.54, 1.807) is 0 Å². The zero-order valence-electron chi connectivity index (χ0n) is 14.1. The van der Waals surface area contributed by atoms with Crippen molar-refractivity contribution in [2.24, 2.45) is 11.3 Å². The molecule has 2 unspecified atom stereocenters. The van der Waals surface area contributed by atoms with Crippen molar-refractivity contribution in [1.82, 2.24) is 20.4 Å². The Bertz CT molecular complexity index is 352. The molecule has 2 atom stereocenters. The summed E-state index contributed by atoms with van der Waals surface area (Å²) in [6, 6.07) is 0.424. The lowest BCUT2D eigenvalue weighted by Crippen LogP contribution is -2.56. The maximum Gasteiger partial charge on any atom is 0.226 e. The van der Waals surface area contributed by atoms with Gasteiger partial charge in [-0.05, 0) is 45.9 Å². The van der Waals surface area contributed by atoms with E-state index in [1.807, 2.05) is 0 Å². The molecule has 2 aliphatic heterocycles. The number of amides is 1. The minimum atomic E-state index is -0.285. The van der Waals surface area contributed by atoms with Gasteiger partial charge in [-0.2, -0.15) is 0 Å². The molecular weight excluding hydrogens is 264 g/mol. The van der Waals surface area contributed by atoms with Gasteiger partial charge in [0.1, 0.15) is 0 Å². The number of hydrogen-bond acceptors (Lipinski definition) is 4. The summed E-state index contributed by atoms with van der Waals surface area (Å²) in [6.07, 6.45) is 2.33. The zero-order chi connectivity index (χ0) is 15.5. The molecule has 5 heteroatoms. The van der Waals surface area contributed by atoms with Crippen molar-refractivity contribution < 1.29 is 4.79 Å². The van der Waals surface area contributed by atoms with Crippen LogP contribution < -0.4 is 10.6 Å². The summed E-state index contributed by atoms with van der Waals surface area (Å²) in [4.78, 5) is 17.3. The molecule has 21 heavy (non-hydrogen) atoms. The standard InChI is InChI=1S/C16H32N4O/c1-16(2,13-6-5-7-17-10-13)15(21)18-11-14-12-19(3)8-9-20(14)4/h13-14,17H,5-12H2,1-4H3,(H,18,21). The summed E-state index contributed by atoms with van der Waals surface area (Å²) in [5.41, 5.74) is -0.285. The molecule has 0 spiro atoms. The van der Waals surface area contributed by atoms with Crippen LogP contribution in [0.1, 0.15) is 26.7 Å². The summed E-state index contributed by atoms with van der Waals surface area (Å²) in [7, 11) is 4.31. The first-order chi connectivity index (χ1) is 9.91. The molecule has 0 saturated carbocycles. The monoisotopic (exact) mass is 296 g/mol. The Kier molecular flexibility index (Phi) is 5.63. The molecule has 1 amide bonds. The Hall–Kier alpha value is -0.650. The highest BCUT2D eigenvalue weighted by Crippen LogP contribution is 2.31. The van der Waals surface area contributed by atoms with Gasteiger partial charge in [-0.25, -0.2) is 0 Å². The topological polar surface area (TPSA) is 47.6 Å². The van der Waals surface area contributed by atoms with Gasteiger partial charge < -0.3 is 15.5 Å². The van der Waals surface area contributed by atoms with E-state index in [0.717, 1.165) is 45.7 Å². The molecular formula is C16H32N4O.